The van der Waals surface area contributed by atoms with Crippen LogP contribution in [0.15, 0.2) is 47.6 Å². The molecule has 0 atom stereocenters. The van der Waals surface area contributed by atoms with Crippen LogP contribution in [0.5, 0.6) is 0 Å². The van der Waals surface area contributed by atoms with Crippen molar-refractivity contribution in [1.82, 2.24) is 0 Å². The zero-order valence-corrected chi connectivity index (χ0v) is 14.4. The molecular weight excluding hydrogens is 317 g/mol. The number of halogens is 2. The molecule has 2 aromatic rings. The summed E-state index contributed by atoms with van der Waals surface area (Å²) in [6.07, 6.45) is 0. The molecule has 0 bridgehead atoms. The Morgan fingerprint density at radius 2 is 1.73 bits per heavy atom. The third-order valence-corrected chi connectivity index (χ3v) is 3.82. The predicted octanol–water partition coefficient (Wildman–Crippen LogP) is 5.29. The van der Waals surface area contributed by atoms with Gasteiger partial charge in [0.15, 0.2) is 0 Å². The normalized spacial score (nSPS) is 11.4. The summed E-state index contributed by atoms with van der Waals surface area (Å²) in [4.78, 5) is 0. The van der Waals surface area contributed by atoms with Crippen LogP contribution in [0.1, 0.15) is 19.4 Å². The van der Waals surface area contributed by atoms with E-state index in [1.807, 2.05) is 61.4 Å². The highest BCUT2D eigenvalue weighted by molar-refractivity contribution is 6.31. The SMILES string of the molecule is CCN(/N=C(/C)c1cc(Cl)ccc1NC)c1ccc(Cl)cc1. The molecular formula is C17H19Cl2N3. The highest BCUT2D eigenvalue weighted by atomic mass is 35.5. The first kappa shape index (κ1) is 16.7. The van der Waals surface area contributed by atoms with Crippen LogP contribution in [0.25, 0.3) is 0 Å². The molecule has 0 radical (unpaired) electrons. The molecule has 2 aromatic carbocycles. The van der Waals surface area contributed by atoms with Gasteiger partial charge >= 0.3 is 0 Å². The van der Waals surface area contributed by atoms with E-state index in [0.29, 0.717) is 10.0 Å². The second kappa shape index (κ2) is 7.52. The van der Waals surface area contributed by atoms with Gasteiger partial charge in [0.2, 0.25) is 0 Å². The molecule has 2 rings (SSSR count). The fraction of sp³-hybridized carbons (Fsp3) is 0.235. The highest BCUT2D eigenvalue weighted by Gasteiger charge is 2.09. The Labute approximate surface area is 141 Å². The number of benzene rings is 2. The van der Waals surface area contributed by atoms with Gasteiger partial charge in [-0.3, -0.25) is 5.01 Å². The minimum Gasteiger partial charge on any atom is -0.388 e. The monoisotopic (exact) mass is 335 g/mol. The van der Waals surface area contributed by atoms with E-state index >= 15 is 0 Å². The summed E-state index contributed by atoms with van der Waals surface area (Å²) >= 11 is 12.1. The van der Waals surface area contributed by atoms with Gasteiger partial charge in [0.25, 0.3) is 0 Å². The zero-order chi connectivity index (χ0) is 16.1. The number of nitrogens with zero attached hydrogens (tertiary/aromatic N) is 2. The second-order valence-electron chi connectivity index (χ2n) is 4.82. The summed E-state index contributed by atoms with van der Waals surface area (Å²) in [5, 5.41) is 11.2. The van der Waals surface area contributed by atoms with Gasteiger partial charge in [-0.15, -0.1) is 0 Å². The Hall–Kier alpha value is -1.71. The van der Waals surface area contributed by atoms with E-state index in [9.17, 15) is 0 Å². The van der Waals surface area contributed by atoms with Crippen LogP contribution in [-0.2, 0) is 0 Å². The quantitative estimate of drug-likeness (QED) is 0.594. The van der Waals surface area contributed by atoms with Crippen LogP contribution in [0.2, 0.25) is 10.0 Å². The molecule has 0 spiro atoms. The number of rotatable bonds is 5. The molecule has 116 valence electrons. The van der Waals surface area contributed by atoms with Gasteiger partial charge < -0.3 is 5.32 Å². The topological polar surface area (TPSA) is 27.6 Å². The molecule has 0 fully saturated rings. The Morgan fingerprint density at radius 3 is 2.32 bits per heavy atom. The minimum atomic E-state index is 0.693. The number of hydrogen-bond acceptors (Lipinski definition) is 3. The van der Waals surface area contributed by atoms with Crippen molar-refractivity contribution in [2.75, 3.05) is 23.9 Å². The Kier molecular flexibility index (Phi) is 5.69. The molecule has 3 nitrogen and oxygen atoms in total. The number of hydrazone groups is 1. The molecule has 0 unspecified atom stereocenters. The maximum absolute atomic E-state index is 6.11. The van der Waals surface area contributed by atoms with Crippen molar-refractivity contribution >= 4 is 40.3 Å². The number of hydrogen-bond donors (Lipinski definition) is 1. The predicted molar refractivity (Wildman–Crippen MR) is 97.7 cm³/mol. The van der Waals surface area contributed by atoms with Gasteiger partial charge in [-0.05, 0) is 56.3 Å². The zero-order valence-electron chi connectivity index (χ0n) is 12.9. The van der Waals surface area contributed by atoms with Gasteiger partial charge in [0.05, 0.1) is 11.4 Å². The van der Waals surface area contributed by atoms with E-state index in [1.54, 1.807) is 0 Å². The lowest BCUT2D eigenvalue weighted by molar-refractivity contribution is 0.892. The Balaban J connectivity index is 2.37. The molecule has 0 saturated carbocycles. The molecule has 0 aliphatic rings. The van der Waals surface area contributed by atoms with Crippen molar-refractivity contribution in [1.29, 1.82) is 0 Å². The second-order valence-corrected chi connectivity index (χ2v) is 5.69. The van der Waals surface area contributed by atoms with Gasteiger partial charge in [-0.25, -0.2) is 0 Å². The van der Waals surface area contributed by atoms with E-state index in [2.05, 4.69) is 12.2 Å². The summed E-state index contributed by atoms with van der Waals surface area (Å²) in [5.74, 6) is 0. The van der Waals surface area contributed by atoms with Crippen LogP contribution < -0.4 is 10.3 Å². The Morgan fingerprint density at radius 1 is 1.09 bits per heavy atom. The largest absolute Gasteiger partial charge is 0.388 e. The third-order valence-electron chi connectivity index (χ3n) is 3.34. The molecule has 5 heteroatoms. The smallest absolute Gasteiger partial charge is 0.0672 e. The average molecular weight is 336 g/mol. The van der Waals surface area contributed by atoms with Crippen LogP contribution in [0.4, 0.5) is 11.4 Å². The van der Waals surface area contributed by atoms with Gasteiger partial charge in [-0.1, -0.05) is 23.2 Å². The van der Waals surface area contributed by atoms with Crippen LogP contribution in [-0.4, -0.2) is 19.3 Å². The lowest BCUT2D eigenvalue weighted by atomic mass is 10.1. The molecule has 0 heterocycles. The van der Waals surface area contributed by atoms with Crippen molar-refractivity contribution in [2.24, 2.45) is 5.10 Å². The number of nitrogens with one attached hydrogen (secondary N) is 1. The summed E-state index contributed by atoms with van der Waals surface area (Å²) in [7, 11) is 1.89. The molecule has 0 aliphatic carbocycles. The molecule has 0 aliphatic heterocycles. The maximum atomic E-state index is 6.11. The van der Waals surface area contributed by atoms with Crippen molar-refractivity contribution < 1.29 is 0 Å². The average Bonchev–Trinajstić information content (AvgIpc) is 2.53. The van der Waals surface area contributed by atoms with E-state index in [0.717, 1.165) is 29.2 Å². The van der Waals surface area contributed by atoms with Gasteiger partial charge in [0.1, 0.15) is 0 Å². The van der Waals surface area contributed by atoms with Gasteiger partial charge in [-0.2, -0.15) is 5.10 Å². The molecule has 0 aromatic heterocycles. The van der Waals surface area contributed by atoms with Gasteiger partial charge in [0, 0.05) is 34.9 Å². The number of anilines is 2. The lowest BCUT2D eigenvalue weighted by Crippen LogP contribution is -2.18. The first-order valence-corrected chi connectivity index (χ1v) is 7.86. The van der Waals surface area contributed by atoms with E-state index in [-0.39, 0.29) is 0 Å². The van der Waals surface area contributed by atoms with Crippen molar-refractivity contribution in [2.45, 2.75) is 13.8 Å². The standard InChI is InChI=1S/C17H19Cl2N3/c1-4-22(15-8-5-13(18)6-9-15)21-12(2)16-11-14(19)7-10-17(16)20-3/h5-11,20H,4H2,1-3H3/b21-12-. The first-order chi connectivity index (χ1) is 10.5. The fourth-order valence-electron chi connectivity index (χ4n) is 2.19. The van der Waals surface area contributed by atoms with Crippen molar-refractivity contribution in [3.05, 3.63) is 58.1 Å². The van der Waals surface area contributed by atoms with Crippen molar-refractivity contribution in [3.8, 4) is 0 Å². The highest BCUT2D eigenvalue weighted by Crippen LogP contribution is 2.23. The fourth-order valence-corrected chi connectivity index (χ4v) is 2.49. The summed E-state index contributed by atoms with van der Waals surface area (Å²) in [5.41, 5.74) is 3.88. The Bertz CT molecular complexity index is 666. The van der Waals surface area contributed by atoms with Crippen LogP contribution in [0, 0.1) is 0 Å². The summed E-state index contributed by atoms with van der Waals surface area (Å²) in [6, 6.07) is 13.4. The van der Waals surface area contributed by atoms with E-state index in [4.69, 9.17) is 28.3 Å². The molecule has 22 heavy (non-hydrogen) atoms. The lowest BCUT2D eigenvalue weighted by Gasteiger charge is -2.19. The molecule has 0 saturated heterocycles. The van der Waals surface area contributed by atoms with E-state index < -0.39 is 0 Å². The third kappa shape index (κ3) is 3.93. The minimum absolute atomic E-state index is 0.693. The van der Waals surface area contributed by atoms with E-state index in [1.165, 1.54) is 0 Å². The molecule has 0 amide bonds. The van der Waals surface area contributed by atoms with Crippen molar-refractivity contribution in [3.63, 3.8) is 0 Å². The summed E-state index contributed by atoms with van der Waals surface area (Å²) in [6.45, 7) is 4.79. The van der Waals surface area contributed by atoms with Crippen LogP contribution in [0.3, 0.4) is 0 Å². The summed E-state index contributed by atoms with van der Waals surface area (Å²) < 4.78 is 0. The first-order valence-electron chi connectivity index (χ1n) is 7.11. The van der Waals surface area contributed by atoms with Crippen LogP contribution >= 0.6 is 23.2 Å². The maximum Gasteiger partial charge on any atom is 0.0672 e. The molecule has 1 N–H and O–H groups in total.